The van der Waals surface area contributed by atoms with E-state index in [2.05, 4.69) is 15.3 Å². The van der Waals surface area contributed by atoms with Crippen molar-refractivity contribution in [3.05, 3.63) is 48.2 Å². The van der Waals surface area contributed by atoms with Crippen LogP contribution in [0.25, 0.3) is 17.1 Å². The molecular formula is C14H13N5O. The minimum atomic E-state index is 0.204. The second-order valence-electron chi connectivity index (χ2n) is 4.42. The molecule has 3 rings (SSSR count). The number of phenolic OH excluding ortho intramolecular Hbond substituents is 1. The molecule has 0 bridgehead atoms. The molecule has 0 amide bonds. The zero-order valence-electron chi connectivity index (χ0n) is 10.9. The summed E-state index contributed by atoms with van der Waals surface area (Å²) in [5, 5.41) is 17.6. The van der Waals surface area contributed by atoms with Crippen LogP contribution in [0.2, 0.25) is 0 Å². The van der Waals surface area contributed by atoms with Crippen molar-refractivity contribution in [2.75, 3.05) is 5.73 Å². The number of pyridine rings is 1. The number of aromatic nitrogens is 4. The highest BCUT2D eigenvalue weighted by Gasteiger charge is 2.15. The Bertz CT molecular complexity index is 752. The summed E-state index contributed by atoms with van der Waals surface area (Å²) in [6.07, 6.45) is 1.68. The van der Waals surface area contributed by atoms with Crippen LogP contribution in [0.15, 0.2) is 42.6 Å². The lowest BCUT2D eigenvalue weighted by Crippen LogP contribution is -2.04. The van der Waals surface area contributed by atoms with Crippen molar-refractivity contribution >= 4 is 5.82 Å². The van der Waals surface area contributed by atoms with Gasteiger partial charge in [0.25, 0.3) is 0 Å². The number of nitrogens with zero attached hydrogens (tertiary/aromatic N) is 4. The molecular weight excluding hydrogens is 254 g/mol. The highest BCUT2D eigenvalue weighted by Crippen LogP contribution is 2.26. The molecule has 0 spiro atoms. The van der Waals surface area contributed by atoms with Gasteiger partial charge in [-0.2, -0.15) is 4.68 Å². The third kappa shape index (κ3) is 1.97. The minimum Gasteiger partial charge on any atom is -0.508 e. The van der Waals surface area contributed by atoms with Crippen molar-refractivity contribution in [1.82, 2.24) is 20.0 Å². The van der Waals surface area contributed by atoms with Gasteiger partial charge in [-0.05, 0) is 42.8 Å². The summed E-state index contributed by atoms with van der Waals surface area (Å²) in [5.41, 5.74) is 8.95. The number of phenols is 1. The van der Waals surface area contributed by atoms with Gasteiger partial charge in [-0.1, -0.05) is 11.3 Å². The number of rotatable bonds is 2. The zero-order chi connectivity index (χ0) is 14.1. The van der Waals surface area contributed by atoms with Crippen molar-refractivity contribution in [3.63, 3.8) is 0 Å². The molecule has 2 heterocycles. The minimum absolute atomic E-state index is 0.204. The van der Waals surface area contributed by atoms with Crippen molar-refractivity contribution < 1.29 is 5.11 Å². The second-order valence-corrected chi connectivity index (χ2v) is 4.42. The molecule has 0 radical (unpaired) electrons. The van der Waals surface area contributed by atoms with E-state index < -0.39 is 0 Å². The number of nitrogen functional groups attached to an aromatic ring is 1. The quantitative estimate of drug-likeness (QED) is 0.740. The van der Waals surface area contributed by atoms with E-state index in [1.807, 2.05) is 25.1 Å². The van der Waals surface area contributed by atoms with Gasteiger partial charge in [-0.25, -0.2) is 0 Å². The first-order valence-electron chi connectivity index (χ1n) is 6.09. The average molecular weight is 267 g/mol. The Morgan fingerprint density at radius 1 is 1.20 bits per heavy atom. The van der Waals surface area contributed by atoms with Crippen molar-refractivity contribution in [1.29, 1.82) is 0 Å². The molecule has 20 heavy (non-hydrogen) atoms. The van der Waals surface area contributed by atoms with Crippen LogP contribution in [0.1, 0.15) is 5.56 Å². The van der Waals surface area contributed by atoms with Crippen LogP contribution in [0.5, 0.6) is 5.75 Å². The molecule has 2 aromatic heterocycles. The molecule has 0 aliphatic rings. The number of aromatic hydroxyl groups is 1. The molecule has 1 aromatic carbocycles. The molecule has 0 saturated heterocycles. The topological polar surface area (TPSA) is 89.8 Å². The molecule has 0 aliphatic heterocycles. The summed E-state index contributed by atoms with van der Waals surface area (Å²) >= 11 is 0. The van der Waals surface area contributed by atoms with Gasteiger partial charge in [-0.3, -0.25) is 4.98 Å². The first-order chi connectivity index (χ1) is 9.66. The van der Waals surface area contributed by atoms with Crippen molar-refractivity contribution in [3.8, 4) is 22.8 Å². The number of aryl methyl sites for hydroxylation is 1. The number of anilines is 1. The summed E-state index contributed by atoms with van der Waals surface area (Å²) in [5.74, 6) is 0.618. The highest BCUT2D eigenvalue weighted by molar-refractivity contribution is 5.68. The second kappa shape index (κ2) is 4.65. The van der Waals surface area contributed by atoms with E-state index in [9.17, 15) is 5.11 Å². The highest BCUT2D eigenvalue weighted by atomic mass is 16.3. The fraction of sp³-hybridized carbons (Fsp3) is 0.0714. The maximum Gasteiger partial charge on any atom is 0.157 e. The van der Waals surface area contributed by atoms with E-state index in [1.165, 1.54) is 0 Å². The van der Waals surface area contributed by atoms with E-state index in [4.69, 9.17) is 5.73 Å². The number of benzene rings is 1. The number of hydrogen-bond donors (Lipinski definition) is 2. The Balaban J connectivity index is 2.11. The lowest BCUT2D eigenvalue weighted by molar-refractivity contribution is 0.474. The first kappa shape index (κ1) is 12.2. The molecule has 0 unspecified atom stereocenters. The van der Waals surface area contributed by atoms with Crippen LogP contribution in [0.3, 0.4) is 0 Å². The molecule has 100 valence electrons. The van der Waals surface area contributed by atoms with Crippen LogP contribution in [-0.2, 0) is 0 Å². The Hall–Kier alpha value is -2.89. The summed E-state index contributed by atoms with van der Waals surface area (Å²) < 4.78 is 1.54. The molecule has 0 aliphatic carbocycles. The van der Waals surface area contributed by atoms with E-state index in [1.54, 1.807) is 29.1 Å². The summed E-state index contributed by atoms with van der Waals surface area (Å²) in [6, 6.07) is 10.5. The SMILES string of the molecule is Cc1cc(O)ccc1-n1nnc(-c2ccccn2)c1N. The summed E-state index contributed by atoms with van der Waals surface area (Å²) in [7, 11) is 0. The Morgan fingerprint density at radius 2 is 2.05 bits per heavy atom. The fourth-order valence-corrected chi connectivity index (χ4v) is 2.03. The fourth-order valence-electron chi connectivity index (χ4n) is 2.03. The molecule has 0 fully saturated rings. The van der Waals surface area contributed by atoms with Gasteiger partial charge < -0.3 is 10.8 Å². The Morgan fingerprint density at radius 3 is 2.75 bits per heavy atom. The average Bonchev–Trinajstić information content (AvgIpc) is 2.82. The van der Waals surface area contributed by atoms with Crippen molar-refractivity contribution in [2.24, 2.45) is 0 Å². The zero-order valence-corrected chi connectivity index (χ0v) is 10.9. The largest absolute Gasteiger partial charge is 0.508 e. The van der Waals surface area contributed by atoms with Crippen LogP contribution in [0.4, 0.5) is 5.82 Å². The van der Waals surface area contributed by atoms with Gasteiger partial charge in [0.1, 0.15) is 5.75 Å². The van der Waals surface area contributed by atoms with Gasteiger partial charge >= 0.3 is 0 Å². The molecule has 3 aromatic rings. The van der Waals surface area contributed by atoms with E-state index in [0.717, 1.165) is 11.3 Å². The maximum atomic E-state index is 9.45. The van der Waals surface area contributed by atoms with Crippen LogP contribution in [-0.4, -0.2) is 25.1 Å². The smallest absolute Gasteiger partial charge is 0.157 e. The van der Waals surface area contributed by atoms with E-state index in [-0.39, 0.29) is 5.75 Å². The third-order valence-corrected chi connectivity index (χ3v) is 3.02. The summed E-state index contributed by atoms with van der Waals surface area (Å²) in [4.78, 5) is 4.22. The monoisotopic (exact) mass is 267 g/mol. The lowest BCUT2D eigenvalue weighted by atomic mass is 10.2. The maximum absolute atomic E-state index is 9.45. The molecule has 0 saturated carbocycles. The standard InChI is InChI=1S/C14H13N5O/c1-9-8-10(20)5-6-12(9)19-14(15)13(17-18-19)11-4-2-3-7-16-11/h2-8,20H,15H2,1H3. The molecule has 6 heteroatoms. The van der Waals surface area contributed by atoms with Crippen LogP contribution in [0, 0.1) is 6.92 Å². The number of hydrogen-bond acceptors (Lipinski definition) is 5. The van der Waals surface area contributed by atoms with E-state index >= 15 is 0 Å². The first-order valence-corrected chi connectivity index (χ1v) is 6.09. The molecule has 6 nitrogen and oxygen atoms in total. The third-order valence-electron chi connectivity index (χ3n) is 3.02. The lowest BCUT2D eigenvalue weighted by Gasteiger charge is -2.07. The van der Waals surface area contributed by atoms with Crippen LogP contribution >= 0.6 is 0 Å². The van der Waals surface area contributed by atoms with Crippen LogP contribution < -0.4 is 5.73 Å². The molecule has 3 N–H and O–H groups in total. The van der Waals surface area contributed by atoms with Crippen molar-refractivity contribution in [2.45, 2.75) is 6.92 Å². The number of nitrogens with two attached hydrogens (primary N) is 1. The molecule has 0 atom stereocenters. The van der Waals surface area contributed by atoms with E-state index in [0.29, 0.717) is 17.2 Å². The van der Waals surface area contributed by atoms with Gasteiger partial charge in [0.2, 0.25) is 0 Å². The predicted molar refractivity (Wildman–Crippen MR) is 75.4 cm³/mol. The van der Waals surface area contributed by atoms with Gasteiger partial charge in [-0.15, -0.1) is 5.10 Å². The Kier molecular flexibility index (Phi) is 2.83. The predicted octanol–water partition coefficient (Wildman–Crippen LogP) is 1.93. The van der Waals surface area contributed by atoms with Gasteiger partial charge in [0.05, 0.1) is 11.4 Å². The normalized spacial score (nSPS) is 10.7. The van der Waals surface area contributed by atoms with Gasteiger partial charge in [0.15, 0.2) is 11.5 Å². The summed E-state index contributed by atoms with van der Waals surface area (Å²) in [6.45, 7) is 1.87. The van der Waals surface area contributed by atoms with Gasteiger partial charge in [0, 0.05) is 6.20 Å². The Labute approximate surface area is 115 Å².